The molecule has 1 unspecified atom stereocenters. The molecular formula is C19H17N4O5P. The van der Waals surface area contributed by atoms with Gasteiger partial charge in [-0.05, 0) is 29.8 Å². The fourth-order valence-electron chi connectivity index (χ4n) is 2.95. The standard InChI is InChI=1S/C16H13N2O3P.C3H4N2O2/c1-20-12-3-2-10-9-18(16(19)13(10)7-12)22-15-6-11-8-17-5-4-14(11)21-15;6-2-1-4-3(7)5-2/h2-8,22H,9H2,1H3;1H2,(H2,4,5,6,7). The monoisotopic (exact) mass is 412 g/mol. The van der Waals surface area contributed by atoms with Gasteiger partial charge in [0.05, 0.1) is 20.2 Å². The average Bonchev–Trinajstić information content (AvgIpc) is 3.39. The maximum atomic E-state index is 12.5. The lowest BCUT2D eigenvalue weighted by Gasteiger charge is -2.12. The number of aromatic nitrogens is 1. The second kappa shape index (κ2) is 7.89. The highest BCUT2D eigenvalue weighted by Gasteiger charge is 2.28. The van der Waals surface area contributed by atoms with E-state index >= 15 is 0 Å². The van der Waals surface area contributed by atoms with Crippen LogP contribution in [0.5, 0.6) is 5.75 Å². The molecule has 2 aliphatic heterocycles. The van der Waals surface area contributed by atoms with Crippen molar-refractivity contribution in [3.05, 3.63) is 53.9 Å². The van der Waals surface area contributed by atoms with E-state index in [0.717, 1.165) is 22.0 Å². The van der Waals surface area contributed by atoms with Crippen molar-refractivity contribution < 1.29 is 23.5 Å². The summed E-state index contributed by atoms with van der Waals surface area (Å²) >= 11 is 0. The van der Waals surface area contributed by atoms with Gasteiger partial charge in [0.25, 0.3) is 5.91 Å². The van der Waals surface area contributed by atoms with Crippen LogP contribution in [0.25, 0.3) is 11.0 Å². The van der Waals surface area contributed by atoms with Gasteiger partial charge in [0.15, 0.2) is 0 Å². The number of methoxy groups -OCH3 is 1. The van der Waals surface area contributed by atoms with E-state index in [1.807, 2.05) is 29.6 Å². The minimum atomic E-state index is -0.398. The number of hydrogen-bond acceptors (Lipinski definition) is 6. The van der Waals surface area contributed by atoms with Gasteiger partial charge in [-0.2, -0.15) is 0 Å². The Hall–Kier alpha value is -3.45. The molecule has 0 aliphatic carbocycles. The highest BCUT2D eigenvalue weighted by atomic mass is 31.1. The number of nitrogens with one attached hydrogen (secondary N) is 2. The number of carbonyl (C=O) groups is 3. The first-order valence-electron chi connectivity index (χ1n) is 8.70. The van der Waals surface area contributed by atoms with Crippen LogP contribution in [0.1, 0.15) is 15.9 Å². The molecule has 29 heavy (non-hydrogen) atoms. The van der Waals surface area contributed by atoms with Crippen molar-refractivity contribution in [2.45, 2.75) is 6.54 Å². The SMILES string of the molecule is COc1ccc2c(c1)C(=O)N(Pc1cc3cnccc3o1)C2.O=C1CNC(=O)N1. The zero-order valence-corrected chi connectivity index (χ0v) is 16.4. The summed E-state index contributed by atoms with van der Waals surface area (Å²) in [4.78, 5) is 36.7. The number of fused-ring (bicyclic) bond motifs is 2. The number of benzene rings is 1. The van der Waals surface area contributed by atoms with Crippen LogP contribution in [-0.4, -0.2) is 41.2 Å². The first-order chi connectivity index (χ1) is 14.0. The zero-order valence-electron chi connectivity index (χ0n) is 15.4. The highest BCUT2D eigenvalue weighted by molar-refractivity contribution is 7.45. The topological polar surface area (TPSA) is 114 Å². The summed E-state index contributed by atoms with van der Waals surface area (Å²) in [5, 5.41) is 5.25. The van der Waals surface area contributed by atoms with Crippen LogP contribution in [0.3, 0.4) is 0 Å². The predicted octanol–water partition coefficient (Wildman–Crippen LogP) is 1.54. The number of ether oxygens (including phenoxy) is 1. The van der Waals surface area contributed by atoms with Crippen LogP contribution in [0.4, 0.5) is 4.79 Å². The lowest BCUT2D eigenvalue weighted by molar-refractivity contribution is -0.117. The fourth-order valence-corrected chi connectivity index (χ4v) is 4.06. The van der Waals surface area contributed by atoms with Crippen molar-refractivity contribution in [2.24, 2.45) is 0 Å². The van der Waals surface area contributed by atoms with Gasteiger partial charge in [-0.1, -0.05) is 6.07 Å². The minimum absolute atomic E-state index is 0.0193. The van der Waals surface area contributed by atoms with Crippen LogP contribution < -0.4 is 20.9 Å². The quantitative estimate of drug-likeness (QED) is 0.498. The third-order valence-corrected chi connectivity index (χ3v) is 5.44. The minimum Gasteiger partial charge on any atom is -0.497 e. The Morgan fingerprint density at radius 1 is 1.21 bits per heavy atom. The molecule has 1 atom stereocenters. The molecule has 4 heterocycles. The zero-order chi connectivity index (χ0) is 20.4. The lowest BCUT2D eigenvalue weighted by Crippen LogP contribution is -2.22. The van der Waals surface area contributed by atoms with Crippen LogP contribution in [0.2, 0.25) is 0 Å². The van der Waals surface area contributed by atoms with Gasteiger partial charge >= 0.3 is 6.03 Å². The van der Waals surface area contributed by atoms with Crippen molar-refractivity contribution in [3.63, 3.8) is 0 Å². The van der Waals surface area contributed by atoms with Gasteiger partial charge in [0.1, 0.15) is 16.8 Å². The predicted molar refractivity (Wildman–Crippen MR) is 106 cm³/mol. The normalized spacial score (nSPS) is 15.3. The lowest BCUT2D eigenvalue weighted by atomic mass is 10.1. The molecule has 0 bridgehead atoms. The Kier molecular flexibility index (Phi) is 5.14. The summed E-state index contributed by atoms with van der Waals surface area (Å²) < 4.78 is 12.8. The summed E-state index contributed by atoms with van der Waals surface area (Å²) in [6, 6.07) is 8.99. The number of nitrogens with zero attached hydrogens (tertiary/aromatic N) is 2. The van der Waals surface area contributed by atoms with Crippen molar-refractivity contribution in [2.75, 3.05) is 13.7 Å². The Morgan fingerprint density at radius 3 is 2.72 bits per heavy atom. The fraction of sp³-hybridized carbons (Fsp3) is 0.158. The van der Waals surface area contributed by atoms with E-state index in [9.17, 15) is 14.4 Å². The van der Waals surface area contributed by atoms with Crippen LogP contribution in [0, 0.1) is 0 Å². The van der Waals surface area contributed by atoms with Gasteiger partial charge in [-0.15, -0.1) is 0 Å². The number of urea groups is 1. The number of rotatable bonds is 3. The first kappa shape index (κ1) is 18.9. The summed E-state index contributed by atoms with van der Waals surface area (Å²) in [6.07, 6.45) is 3.46. The molecule has 0 saturated carbocycles. The third-order valence-electron chi connectivity index (χ3n) is 4.35. The number of furan rings is 1. The Bertz CT molecular complexity index is 1070. The molecule has 9 nitrogen and oxygen atoms in total. The average molecular weight is 412 g/mol. The van der Waals surface area contributed by atoms with E-state index in [1.54, 1.807) is 30.2 Å². The molecule has 5 rings (SSSR count). The van der Waals surface area contributed by atoms with Gasteiger partial charge in [-0.25, -0.2) is 4.79 Å². The van der Waals surface area contributed by atoms with Crippen molar-refractivity contribution >= 4 is 43.0 Å². The largest absolute Gasteiger partial charge is 0.497 e. The molecule has 2 N–H and O–H groups in total. The van der Waals surface area contributed by atoms with Crippen LogP contribution in [0.15, 0.2) is 47.1 Å². The molecule has 10 heteroatoms. The maximum Gasteiger partial charge on any atom is 0.321 e. The molecule has 148 valence electrons. The Morgan fingerprint density at radius 2 is 2.07 bits per heavy atom. The molecular weight excluding hydrogens is 395 g/mol. The third kappa shape index (κ3) is 4.05. The summed E-state index contributed by atoms with van der Waals surface area (Å²) in [7, 11) is 1.76. The number of imide groups is 1. The molecule has 1 aromatic carbocycles. The van der Waals surface area contributed by atoms with Crippen molar-refractivity contribution in [1.29, 1.82) is 0 Å². The van der Waals surface area contributed by atoms with E-state index < -0.39 is 6.03 Å². The highest BCUT2D eigenvalue weighted by Crippen LogP contribution is 2.34. The second-order valence-electron chi connectivity index (χ2n) is 6.28. The molecule has 2 aromatic heterocycles. The van der Waals surface area contributed by atoms with Crippen molar-refractivity contribution in [3.8, 4) is 5.75 Å². The van der Waals surface area contributed by atoms with E-state index in [-0.39, 0.29) is 27.1 Å². The number of hydrogen-bond donors (Lipinski definition) is 2. The smallest absolute Gasteiger partial charge is 0.321 e. The van der Waals surface area contributed by atoms with E-state index in [1.165, 1.54) is 0 Å². The van der Waals surface area contributed by atoms with Gasteiger partial charge in [-0.3, -0.25) is 19.9 Å². The molecule has 4 amide bonds. The van der Waals surface area contributed by atoms with E-state index in [2.05, 4.69) is 10.3 Å². The van der Waals surface area contributed by atoms with Crippen LogP contribution in [-0.2, 0) is 11.3 Å². The Balaban J connectivity index is 0.000000249. The second-order valence-corrected chi connectivity index (χ2v) is 7.54. The first-order valence-corrected chi connectivity index (χ1v) is 9.65. The number of carbonyl (C=O) groups excluding carboxylic acids is 3. The van der Waals surface area contributed by atoms with Crippen LogP contribution >= 0.6 is 8.73 Å². The van der Waals surface area contributed by atoms with Gasteiger partial charge in [0, 0.05) is 32.1 Å². The Labute approximate surface area is 167 Å². The molecule has 1 saturated heterocycles. The molecule has 3 aromatic rings. The van der Waals surface area contributed by atoms with E-state index in [4.69, 9.17) is 9.15 Å². The molecule has 1 fully saturated rings. The summed E-state index contributed by atoms with van der Waals surface area (Å²) in [5.41, 5.74) is 3.32. The van der Waals surface area contributed by atoms with E-state index in [0.29, 0.717) is 17.9 Å². The van der Waals surface area contributed by atoms with Gasteiger partial charge < -0.3 is 19.1 Å². The summed E-state index contributed by atoms with van der Waals surface area (Å²) in [5.74, 6) is 0.461. The summed E-state index contributed by atoms with van der Waals surface area (Å²) in [6.45, 7) is 0.727. The number of pyridine rings is 1. The maximum absolute atomic E-state index is 12.5. The van der Waals surface area contributed by atoms with Gasteiger partial charge in [0.2, 0.25) is 5.91 Å². The molecule has 0 radical (unpaired) electrons. The molecule has 2 aliphatic rings. The number of amides is 4. The van der Waals surface area contributed by atoms with Crippen molar-refractivity contribution in [1.82, 2.24) is 20.3 Å². The molecule has 0 spiro atoms.